The fraction of sp³-hybridized carbons (Fsp3) is 0. The van der Waals surface area contributed by atoms with Gasteiger partial charge in [0.25, 0.3) is 11.3 Å². The Labute approximate surface area is 97.9 Å². The van der Waals surface area contributed by atoms with E-state index in [4.69, 9.17) is 16.2 Å². The van der Waals surface area contributed by atoms with Gasteiger partial charge in [-0.05, 0) is 24.1 Å². The maximum atomic E-state index is 10.6. The highest BCUT2D eigenvalue weighted by Crippen LogP contribution is 2.37. The molecule has 5 nitrogen and oxygen atoms in total. The van der Waals surface area contributed by atoms with Crippen molar-refractivity contribution in [3.05, 3.63) is 17.2 Å². The molecule has 1 atom stereocenters. The lowest BCUT2D eigenvalue weighted by Crippen LogP contribution is -2.05. The van der Waals surface area contributed by atoms with Gasteiger partial charge in [0.2, 0.25) is 0 Å². The molecule has 1 heterocycles. The Bertz CT molecular complexity index is 452. The van der Waals surface area contributed by atoms with Gasteiger partial charge in [0.05, 0.1) is 27.6 Å². The predicted octanol–water partition coefficient (Wildman–Crippen LogP) is 2.16. The van der Waals surface area contributed by atoms with Crippen molar-refractivity contribution in [1.29, 1.82) is 0 Å². The molecule has 2 rings (SSSR count). The van der Waals surface area contributed by atoms with Gasteiger partial charge in [-0.1, -0.05) is 11.6 Å². The average molecular weight is 264 g/mol. The lowest BCUT2D eigenvalue weighted by atomic mass is 10.3. The summed E-state index contributed by atoms with van der Waals surface area (Å²) in [6, 6.07) is 3.30. The summed E-state index contributed by atoms with van der Waals surface area (Å²) in [6.07, 6.45) is 1.56. The number of rotatable bonds is 2. The molecule has 0 aromatic heterocycles. The van der Waals surface area contributed by atoms with E-state index >= 15 is 0 Å². The van der Waals surface area contributed by atoms with Crippen molar-refractivity contribution in [2.45, 2.75) is 4.90 Å². The summed E-state index contributed by atoms with van der Waals surface area (Å²) < 4.78 is 24.4. The van der Waals surface area contributed by atoms with Crippen LogP contribution in [0.15, 0.2) is 22.0 Å². The second kappa shape index (κ2) is 4.40. The van der Waals surface area contributed by atoms with Crippen LogP contribution in [-0.2, 0) is 11.3 Å². The van der Waals surface area contributed by atoms with E-state index in [9.17, 15) is 4.21 Å². The Balaban J connectivity index is 2.41. The number of fused-ring (bicyclic) bond motifs is 1. The Hall–Kier alpha value is -0.760. The molecule has 0 saturated carbocycles. The highest BCUT2D eigenvalue weighted by molar-refractivity contribution is 7.98. The lowest BCUT2D eigenvalue weighted by Gasteiger charge is -2.12. The Kier molecular flexibility index (Phi) is 3.15. The summed E-state index contributed by atoms with van der Waals surface area (Å²) in [4.78, 5) is 4.91. The van der Waals surface area contributed by atoms with E-state index in [0.717, 1.165) is 10.6 Å². The number of nitrogens with zero attached hydrogens (tertiary/aromatic N) is 1. The number of benzene rings is 1. The Morgan fingerprint density at radius 1 is 1.60 bits per heavy atom. The summed E-state index contributed by atoms with van der Waals surface area (Å²) in [7, 11) is 0. The van der Waals surface area contributed by atoms with Gasteiger partial charge < -0.3 is 4.72 Å². The molecular formula is C7H6ClN3O2S2. The second-order valence-corrected chi connectivity index (χ2v) is 4.62. The molecule has 1 aromatic carbocycles. The molecule has 3 N–H and O–H groups in total. The third-order valence-electron chi connectivity index (χ3n) is 1.67. The van der Waals surface area contributed by atoms with Crippen LogP contribution in [0.1, 0.15) is 0 Å². The number of halogens is 1. The van der Waals surface area contributed by atoms with Crippen molar-refractivity contribution < 1.29 is 8.76 Å². The van der Waals surface area contributed by atoms with E-state index in [1.165, 1.54) is 11.9 Å². The molecule has 0 aliphatic carbocycles. The largest absolute Gasteiger partial charge is 0.316 e. The lowest BCUT2D eigenvalue weighted by molar-refractivity contribution is 0.570. The Morgan fingerprint density at radius 3 is 3.13 bits per heavy atom. The van der Waals surface area contributed by atoms with Crippen LogP contribution in [0.5, 0.6) is 0 Å². The number of aliphatic imine (C=N–C) groups is 1. The van der Waals surface area contributed by atoms with Crippen molar-refractivity contribution >= 4 is 52.5 Å². The maximum absolute atomic E-state index is 10.6. The highest BCUT2D eigenvalue weighted by atomic mass is 35.5. The highest BCUT2D eigenvalue weighted by Gasteiger charge is 2.11. The summed E-state index contributed by atoms with van der Waals surface area (Å²) in [5, 5.41) is 0.357. The van der Waals surface area contributed by atoms with Gasteiger partial charge in [-0.2, -0.15) is 0 Å². The molecule has 1 aromatic rings. The zero-order valence-electron chi connectivity index (χ0n) is 7.23. The summed E-state index contributed by atoms with van der Waals surface area (Å²) in [6.45, 7) is 0. The normalized spacial score (nSPS) is 15.3. The summed E-state index contributed by atoms with van der Waals surface area (Å²) in [5.41, 5.74) is 1.14. The molecule has 0 saturated heterocycles. The first kappa shape index (κ1) is 10.7. The fourth-order valence-corrected chi connectivity index (χ4v) is 2.33. The van der Waals surface area contributed by atoms with Crippen LogP contribution in [-0.4, -0.2) is 15.1 Å². The van der Waals surface area contributed by atoms with E-state index in [1.54, 1.807) is 18.5 Å². The standard InChI is InChI=1S/C7H6ClN3O2S2/c8-4-1-6-7(14-10-3-9-6)2-5(4)11-15(12)13/h1-3,11H,(H,9,10)(H,12,13). The van der Waals surface area contributed by atoms with E-state index < -0.39 is 11.3 Å². The van der Waals surface area contributed by atoms with Gasteiger partial charge in [-0.25, -0.2) is 9.20 Å². The summed E-state index contributed by atoms with van der Waals surface area (Å²) >= 11 is 5.12. The van der Waals surface area contributed by atoms with Crippen LogP contribution in [0.2, 0.25) is 5.02 Å². The molecule has 15 heavy (non-hydrogen) atoms. The van der Waals surface area contributed by atoms with Gasteiger partial charge in [-0.3, -0.25) is 9.27 Å². The van der Waals surface area contributed by atoms with Crippen molar-refractivity contribution in [1.82, 2.24) is 4.72 Å². The number of hydrogen-bond acceptors (Lipinski definition) is 4. The zero-order valence-corrected chi connectivity index (χ0v) is 9.62. The minimum absolute atomic E-state index is 0.357. The van der Waals surface area contributed by atoms with Crippen molar-refractivity contribution in [2.75, 3.05) is 4.72 Å². The van der Waals surface area contributed by atoms with Crippen LogP contribution in [0.25, 0.3) is 0 Å². The summed E-state index contributed by atoms with van der Waals surface area (Å²) in [5.74, 6) is 0. The third kappa shape index (κ3) is 2.43. The van der Waals surface area contributed by atoms with Gasteiger partial charge in [0.1, 0.15) is 0 Å². The minimum atomic E-state index is -2.13. The molecule has 1 unspecified atom stereocenters. The molecule has 1 aliphatic heterocycles. The van der Waals surface area contributed by atoms with Crippen LogP contribution < -0.4 is 9.44 Å². The smallest absolute Gasteiger partial charge is 0.259 e. The van der Waals surface area contributed by atoms with Crippen molar-refractivity contribution in [3.63, 3.8) is 0 Å². The van der Waals surface area contributed by atoms with Gasteiger partial charge >= 0.3 is 0 Å². The molecule has 0 radical (unpaired) electrons. The van der Waals surface area contributed by atoms with Gasteiger partial charge in [0.15, 0.2) is 0 Å². The van der Waals surface area contributed by atoms with E-state index in [0.29, 0.717) is 10.7 Å². The zero-order chi connectivity index (χ0) is 10.8. The molecule has 8 heteroatoms. The fourth-order valence-electron chi connectivity index (χ4n) is 1.08. The molecule has 0 amide bonds. The van der Waals surface area contributed by atoms with Gasteiger partial charge in [0, 0.05) is 0 Å². The quantitative estimate of drug-likeness (QED) is 0.565. The van der Waals surface area contributed by atoms with E-state index in [2.05, 4.69) is 14.4 Å². The monoisotopic (exact) mass is 263 g/mol. The predicted molar refractivity (Wildman–Crippen MR) is 63.0 cm³/mol. The van der Waals surface area contributed by atoms with Crippen LogP contribution in [0.3, 0.4) is 0 Å². The van der Waals surface area contributed by atoms with Crippen LogP contribution in [0, 0.1) is 0 Å². The first-order valence-corrected chi connectivity index (χ1v) is 6.13. The molecule has 0 fully saturated rings. The van der Waals surface area contributed by atoms with Crippen LogP contribution >= 0.6 is 23.5 Å². The molecule has 1 aliphatic rings. The number of anilines is 1. The number of nitrogens with one attached hydrogen (secondary N) is 2. The molecule has 0 bridgehead atoms. The first-order valence-electron chi connectivity index (χ1n) is 3.83. The second-order valence-electron chi connectivity index (χ2n) is 2.63. The van der Waals surface area contributed by atoms with Crippen molar-refractivity contribution in [2.24, 2.45) is 4.99 Å². The number of hydrogen-bond donors (Lipinski definition) is 3. The maximum Gasteiger partial charge on any atom is 0.259 e. The third-order valence-corrected chi connectivity index (χ3v) is 3.15. The molecule has 0 spiro atoms. The molecular weight excluding hydrogens is 258 g/mol. The first-order chi connectivity index (χ1) is 7.16. The minimum Gasteiger partial charge on any atom is -0.316 e. The van der Waals surface area contributed by atoms with Gasteiger partial charge in [-0.15, -0.1) is 0 Å². The SMILES string of the molecule is O=S(O)Nc1cc2c(cc1Cl)N=CNS2. The van der Waals surface area contributed by atoms with E-state index in [-0.39, 0.29) is 0 Å². The topological polar surface area (TPSA) is 73.7 Å². The van der Waals surface area contributed by atoms with E-state index in [1.807, 2.05) is 0 Å². The average Bonchev–Trinajstić information content (AvgIpc) is 2.18. The van der Waals surface area contributed by atoms with Crippen LogP contribution in [0.4, 0.5) is 11.4 Å². The van der Waals surface area contributed by atoms with Crippen molar-refractivity contribution in [3.8, 4) is 0 Å². The molecule has 80 valence electrons. The Morgan fingerprint density at radius 2 is 2.40 bits per heavy atom.